The lowest BCUT2D eigenvalue weighted by Crippen LogP contribution is -2.11. The Hall–Kier alpha value is -1.59. The van der Waals surface area contributed by atoms with Gasteiger partial charge in [0.25, 0.3) is 0 Å². The topological polar surface area (TPSA) is 94.0 Å². The number of carboxylic acids is 1. The van der Waals surface area contributed by atoms with Crippen LogP contribution in [0.25, 0.3) is 0 Å². The Morgan fingerprint density at radius 3 is 2.64 bits per heavy atom. The molecule has 0 bridgehead atoms. The molecule has 0 radical (unpaired) electrons. The van der Waals surface area contributed by atoms with Gasteiger partial charge in [0, 0.05) is 0 Å². The molecule has 2 rings (SSSR count). The summed E-state index contributed by atoms with van der Waals surface area (Å²) in [4.78, 5) is 10.7. The Morgan fingerprint density at radius 1 is 1.50 bits per heavy atom. The molecule has 1 aliphatic carbocycles. The van der Waals surface area contributed by atoms with E-state index in [0.29, 0.717) is 0 Å². The molecule has 3 N–H and O–H groups in total. The van der Waals surface area contributed by atoms with Gasteiger partial charge in [0.1, 0.15) is 0 Å². The minimum Gasteiger partial charge on any atom is -0.476 e. The predicted molar refractivity (Wildman–Crippen MR) is 48.9 cm³/mol. The van der Waals surface area contributed by atoms with Crippen molar-refractivity contribution < 1.29 is 9.90 Å². The number of aromatic carboxylic acids is 1. The van der Waals surface area contributed by atoms with Gasteiger partial charge in [-0.05, 0) is 12.8 Å². The summed E-state index contributed by atoms with van der Waals surface area (Å²) in [6, 6.07) is 0.232. The summed E-state index contributed by atoms with van der Waals surface area (Å²) in [5.41, 5.74) is 5.50. The lowest BCUT2D eigenvalue weighted by atomic mass is 10.2. The molecule has 1 heterocycles. The first-order chi connectivity index (χ1) is 6.70. The third kappa shape index (κ3) is 1.32. The Bertz CT molecular complexity index is 354. The smallest absolute Gasteiger partial charge is 0.360 e. The van der Waals surface area contributed by atoms with Crippen molar-refractivity contribution in [2.24, 2.45) is 0 Å². The Balaban J connectivity index is 2.30. The molecule has 0 spiro atoms. The molecule has 1 saturated carbocycles. The van der Waals surface area contributed by atoms with Crippen molar-refractivity contribution in [2.75, 3.05) is 5.73 Å². The summed E-state index contributed by atoms with van der Waals surface area (Å²) >= 11 is 0. The molecule has 1 fully saturated rings. The van der Waals surface area contributed by atoms with Gasteiger partial charge in [-0.15, -0.1) is 5.10 Å². The number of carbonyl (C=O) groups is 1. The molecule has 1 aliphatic rings. The third-order valence-electron chi connectivity index (χ3n) is 2.60. The summed E-state index contributed by atoms with van der Waals surface area (Å²) in [6.45, 7) is 0. The van der Waals surface area contributed by atoms with Gasteiger partial charge < -0.3 is 10.8 Å². The van der Waals surface area contributed by atoms with Crippen molar-refractivity contribution >= 4 is 11.8 Å². The van der Waals surface area contributed by atoms with Crippen molar-refractivity contribution in [1.29, 1.82) is 0 Å². The maximum Gasteiger partial charge on any atom is 0.360 e. The van der Waals surface area contributed by atoms with Gasteiger partial charge in [-0.1, -0.05) is 18.1 Å². The van der Waals surface area contributed by atoms with E-state index in [9.17, 15) is 4.79 Å². The first kappa shape index (κ1) is 8.98. The molecule has 1 aromatic heterocycles. The Morgan fingerprint density at radius 2 is 2.14 bits per heavy atom. The lowest BCUT2D eigenvalue weighted by molar-refractivity contribution is 0.0691. The summed E-state index contributed by atoms with van der Waals surface area (Å²) in [7, 11) is 0. The standard InChI is InChI=1S/C8H12N4O2/c9-7-6(8(13)14)10-11-12(7)5-3-1-2-4-5/h5H,1-4,9H2,(H,13,14). The molecule has 1 aromatic rings. The van der Waals surface area contributed by atoms with Crippen LogP contribution in [0.1, 0.15) is 42.2 Å². The van der Waals surface area contributed by atoms with Crippen LogP contribution in [-0.2, 0) is 0 Å². The lowest BCUT2D eigenvalue weighted by Gasteiger charge is -2.09. The van der Waals surface area contributed by atoms with Crippen LogP contribution in [0.2, 0.25) is 0 Å². The minimum absolute atomic E-state index is 0.142. The van der Waals surface area contributed by atoms with Crippen molar-refractivity contribution in [1.82, 2.24) is 15.0 Å². The highest BCUT2D eigenvalue weighted by molar-refractivity contribution is 5.90. The summed E-state index contributed by atoms with van der Waals surface area (Å²) in [5, 5.41) is 16.1. The largest absolute Gasteiger partial charge is 0.476 e. The number of hydrogen-bond acceptors (Lipinski definition) is 4. The van der Waals surface area contributed by atoms with Crippen molar-refractivity contribution in [2.45, 2.75) is 31.7 Å². The average Bonchev–Trinajstić information content (AvgIpc) is 2.71. The third-order valence-corrected chi connectivity index (χ3v) is 2.60. The van der Waals surface area contributed by atoms with Gasteiger partial charge in [0.2, 0.25) is 5.69 Å². The van der Waals surface area contributed by atoms with E-state index in [4.69, 9.17) is 10.8 Å². The molecule has 76 valence electrons. The van der Waals surface area contributed by atoms with Crippen LogP contribution in [0.5, 0.6) is 0 Å². The maximum atomic E-state index is 10.7. The van der Waals surface area contributed by atoms with Crippen molar-refractivity contribution in [3.63, 3.8) is 0 Å². The Kier molecular flexibility index (Phi) is 2.11. The number of rotatable bonds is 2. The zero-order valence-electron chi connectivity index (χ0n) is 7.68. The molecule has 14 heavy (non-hydrogen) atoms. The van der Waals surface area contributed by atoms with Crippen molar-refractivity contribution in [3.8, 4) is 0 Å². The quantitative estimate of drug-likeness (QED) is 0.725. The van der Waals surface area contributed by atoms with Gasteiger partial charge in [-0.2, -0.15) is 0 Å². The molecule has 0 amide bonds. The highest BCUT2D eigenvalue weighted by Gasteiger charge is 2.24. The molecular weight excluding hydrogens is 184 g/mol. The van der Waals surface area contributed by atoms with Crippen LogP contribution < -0.4 is 5.73 Å². The highest BCUT2D eigenvalue weighted by Crippen LogP contribution is 2.30. The molecule has 6 nitrogen and oxygen atoms in total. The molecule has 0 unspecified atom stereocenters. The maximum absolute atomic E-state index is 10.7. The SMILES string of the molecule is Nc1c(C(=O)O)nnn1C1CCCC1. The minimum atomic E-state index is -1.12. The number of nitrogens with zero attached hydrogens (tertiary/aromatic N) is 3. The fourth-order valence-corrected chi connectivity index (χ4v) is 1.87. The number of nitrogen functional groups attached to an aromatic ring is 1. The first-order valence-electron chi connectivity index (χ1n) is 4.64. The summed E-state index contributed by atoms with van der Waals surface area (Å²) in [5.74, 6) is -0.948. The molecule has 0 aliphatic heterocycles. The van der Waals surface area contributed by atoms with E-state index in [0.717, 1.165) is 25.7 Å². The number of aromatic nitrogens is 3. The van der Waals surface area contributed by atoms with Gasteiger partial charge in [-0.3, -0.25) is 0 Å². The van der Waals surface area contributed by atoms with E-state index < -0.39 is 5.97 Å². The molecule has 0 saturated heterocycles. The van der Waals surface area contributed by atoms with E-state index in [1.807, 2.05) is 0 Å². The van der Waals surface area contributed by atoms with Gasteiger partial charge in [0.15, 0.2) is 5.82 Å². The van der Waals surface area contributed by atoms with E-state index >= 15 is 0 Å². The zero-order valence-corrected chi connectivity index (χ0v) is 7.68. The number of hydrogen-bond donors (Lipinski definition) is 2. The second-order valence-electron chi connectivity index (χ2n) is 3.51. The van der Waals surface area contributed by atoms with Crippen LogP contribution in [0.4, 0.5) is 5.82 Å². The predicted octanol–water partition coefficient (Wildman–Crippen LogP) is 0.674. The number of nitrogens with two attached hydrogens (primary N) is 1. The average molecular weight is 196 g/mol. The van der Waals surface area contributed by atoms with Gasteiger partial charge in [-0.25, -0.2) is 9.48 Å². The van der Waals surface area contributed by atoms with Crippen LogP contribution in [-0.4, -0.2) is 26.1 Å². The van der Waals surface area contributed by atoms with E-state index in [1.54, 1.807) is 0 Å². The number of anilines is 1. The number of carboxylic acid groups (broad SMARTS) is 1. The van der Waals surface area contributed by atoms with Gasteiger partial charge in [0.05, 0.1) is 6.04 Å². The van der Waals surface area contributed by atoms with Crippen molar-refractivity contribution in [3.05, 3.63) is 5.69 Å². The van der Waals surface area contributed by atoms with E-state index in [2.05, 4.69) is 10.3 Å². The monoisotopic (exact) mass is 196 g/mol. The Labute approximate surface area is 80.7 Å². The van der Waals surface area contributed by atoms with Crippen LogP contribution in [0.3, 0.4) is 0 Å². The second-order valence-corrected chi connectivity index (χ2v) is 3.51. The summed E-state index contributed by atoms with van der Waals surface area (Å²) < 4.78 is 1.54. The fourth-order valence-electron chi connectivity index (χ4n) is 1.87. The van der Waals surface area contributed by atoms with E-state index in [-0.39, 0.29) is 17.6 Å². The highest BCUT2D eigenvalue weighted by atomic mass is 16.4. The summed E-state index contributed by atoms with van der Waals surface area (Å²) in [6.07, 6.45) is 4.30. The fraction of sp³-hybridized carbons (Fsp3) is 0.625. The zero-order chi connectivity index (χ0) is 10.1. The molecular formula is C8H12N4O2. The van der Waals surface area contributed by atoms with Crippen LogP contribution in [0.15, 0.2) is 0 Å². The second kappa shape index (κ2) is 3.28. The van der Waals surface area contributed by atoms with Gasteiger partial charge >= 0.3 is 5.97 Å². The molecule has 6 heteroatoms. The normalized spacial score (nSPS) is 17.4. The first-order valence-corrected chi connectivity index (χ1v) is 4.64. The van der Waals surface area contributed by atoms with Crippen LogP contribution >= 0.6 is 0 Å². The molecule has 0 aromatic carbocycles. The van der Waals surface area contributed by atoms with E-state index in [1.165, 1.54) is 4.68 Å². The molecule has 0 atom stereocenters. The van der Waals surface area contributed by atoms with Crippen LogP contribution in [0, 0.1) is 0 Å².